The van der Waals surface area contributed by atoms with Crippen LogP contribution in [0, 0.1) is 0 Å². The topological polar surface area (TPSA) is 108 Å². The molecule has 1 aliphatic heterocycles. The average Bonchev–Trinajstić information content (AvgIpc) is 3.35. The van der Waals surface area contributed by atoms with E-state index in [1.54, 1.807) is 12.4 Å². The van der Waals surface area contributed by atoms with Gasteiger partial charge in [-0.3, -0.25) is 9.78 Å². The van der Waals surface area contributed by atoms with Crippen LogP contribution in [0.1, 0.15) is 62.6 Å². The Kier molecular flexibility index (Phi) is 9.46. The highest BCUT2D eigenvalue weighted by atomic mass is 16.2. The van der Waals surface area contributed by atoms with Gasteiger partial charge >= 0.3 is 6.03 Å². The van der Waals surface area contributed by atoms with Gasteiger partial charge in [0.1, 0.15) is 5.82 Å². The Morgan fingerprint density at radius 1 is 1.08 bits per heavy atom. The highest BCUT2D eigenvalue weighted by molar-refractivity contribution is 5.78. The fourth-order valence-electron chi connectivity index (χ4n) is 4.53. The summed E-state index contributed by atoms with van der Waals surface area (Å²) in [4.78, 5) is 32.5. The summed E-state index contributed by atoms with van der Waals surface area (Å²) in [5.74, 6) is 0.874. The van der Waals surface area contributed by atoms with Crippen molar-refractivity contribution in [1.82, 2.24) is 25.9 Å². The molecule has 1 aromatic heterocycles. The number of nitrogens with one attached hydrogen (secondary N) is 4. The van der Waals surface area contributed by atoms with E-state index in [1.807, 2.05) is 30.3 Å². The molecule has 2 heterocycles. The number of rotatable bonds is 12. The monoisotopic (exact) mass is 500 g/mol. The van der Waals surface area contributed by atoms with E-state index in [4.69, 9.17) is 4.98 Å². The van der Waals surface area contributed by atoms with Crippen LogP contribution in [-0.4, -0.2) is 34.5 Å². The standard InChI is InChI=1S/C29H36N6O2/c1-2-7-25(22-8-4-3-5-9-22)34-27-20-30-19-26(35-27)23-13-11-21(12-14-23)18-32-29(37)31-17-6-10-24-15-16-28(36)33-24/h3-5,8-9,11-14,19-20,24-25H,2,6-7,10,15-18H2,1H3,(H,33,36)(H,34,35)(H2,31,32,37). The maximum atomic E-state index is 12.1. The molecule has 1 fully saturated rings. The Morgan fingerprint density at radius 3 is 2.62 bits per heavy atom. The third-order valence-corrected chi connectivity index (χ3v) is 6.54. The van der Waals surface area contributed by atoms with Crippen LogP contribution in [0.15, 0.2) is 67.0 Å². The molecule has 8 nitrogen and oxygen atoms in total. The maximum absolute atomic E-state index is 12.1. The van der Waals surface area contributed by atoms with Crippen molar-refractivity contribution in [2.45, 2.75) is 64.1 Å². The van der Waals surface area contributed by atoms with E-state index in [0.717, 1.165) is 54.7 Å². The third kappa shape index (κ3) is 8.03. The van der Waals surface area contributed by atoms with Crippen molar-refractivity contribution < 1.29 is 9.59 Å². The van der Waals surface area contributed by atoms with Crippen molar-refractivity contribution in [2.24, 2.45) is 0 Å². The zero-order chi connectivity index (χ0) is 25.9. The fraction of sp³-hybridized carbons (Fsp3) is 0.379. The van der Waals surface area contributed by atoms with Crippen molar-refractivity contribution in [3.63, 3.8) is 0 Å². The zero-order valence-electron chi connectivity index (χ0n) is 21.4. The van der Waals surface area contributed by atoms with E-state index in [-0.39, 0.29) is 24.0 Å². The molecule has 3 aromatic rings. The smallest absolute Gasteiger partial charge is 0.315 e. The van der Waals surface area contributed by atoms with Crippen LogP contribution in [0.5, 0.6) is 0 Å². The van der Waals surface area contributed by atoms with Crippen molar-refractivity contribution in [1.29, 1.82) is 0 Å². The molecule has 4 rings (SSSR count). The van der Waals surface area contributed by atoms with Gasteiger partial charge in [-0.15, -0.1) is 0 Å². The molecule has 0 aliphatic carbocycles. The highest BCUT2D eigenvalue weighted by Crippen LogP contribution is 2.24. The van der Waals surface area contributed by atoms with Crippen LogP contribution >= 0.6 is 0 Å². The molecule has 2 aromatic carbocycles. The lowest BCUT2D eigenvalue weighted by Gasteiger charge is -2.19. The van der Waals surface area contributed by atoms with Crippen molar-refractivity contribution >= 4 is 17.8 Å². The molecule has 2 atom stereocenters. The van der Waals surface area contributed by atoms with Crippen molar-refractivity contribution in [3.8, 4) is 11.3 Å². The maximum Gasteiger partial charge on any atom is 0.315 e. The Morgan fingerprint density at radius 2 is 1.89 bits per heavy atom. The first kappa shape index (κ1) is 26.1. The minimum absolute atomic E-state index is 0.127. The second-order valence-electron chi connectivity index (χ2n) is 9.44. The van der Waals surface area contributed by atoms with Crippen LogP contribution < -0.4 is 21.3 Å². The molecule has 194 valence electrons. The van der Waals surface area contributed by atoms with E-state index in [2.05, 4.69) is 57.4 Å². The van der Waals surface area contributed by atoms with Gasteiger partial charge in [0.2, 0.25) is 5.91 Å². The molecule has 1 aliphatic rings. The molecule has 0 spiro atoms. The van der Waals surface area contributed by atoms with E-state index in [9.17, 15) is 9.59 Å². The molecule has 0 radical (unpaired) electrons. The molecule has 1 saturated heterocycles. The average molecular weight is 501 g/mol. The van der Waals surface area contributed by atoms with Crippen LogP contribution in [0.2, 0.25) is 0 Å². The molecule has 37 heavy (non-hydrogen) atoms. The number of urea groups is 1. The van der Waals surface area contributed by atoms with Crippen LogP contribution in [0.3, 0.4) is 0 Å². The lowest BCUT2D eigenvalue weighted by Crippen LogP contribution is -2.36. The second-order valence-corrected chi connectivity index (χ2v) is 9.44. The van der Waals surface area contributed by atoms with Gasteiger partial charge in [0.25, 0.3) is 0 Å². The fourth-order valence-corrected chi connectivity index (χ4v) is 4.53. The summed E-state index contributed by atoms with van der Waals surface area (Å²) in [6.07, 6.45) is 8.82. The molecule has 3 amide bonds. The number of aromatic nitrogens is 2. The first-order valence-corrected chi connectivity index (χ1v) is 13.1. The van der Waals surface area contributed by atoms with Gasteiger partial charge in [0.15, 0.2) is 0 Å². The highest BCUT2D eigenvalue weighted by Gasteiger charge is 2.19. The summed E-state index contributed by atoms with van der Waals surface area (Å²) in [5.41, 5.74) is 4.00. The molecule has 4 N–H and O–H groups in total. The van der Waals surface area contributed by atoms with E-state index >= 15 is 0 Å². The first-order valence-electron chi connectivity index (χ1n) is 13.1. The van der Waals surface area contributed by atoms with Gasteiger partial charge in [0, 0.05) is 31.1 Å². The van der Waals surface area contributed by atoms with Crippen molar-refractivity contribution in [2.75, 3.05) is 11.9 Å². The molecular weight excluding hydrogens is 464 g/mol. The summed E-state index contributed by atoms with van der Waals surface area (Å²) < 4.78 is 0. The van der Waals surface area contributed by atoms with Gasteiger partial charge in [-0.05, 0) is 36.8 Å². The number of amides is 3. The number of nitrogens with zero attached hydrogens (tertiary/aromatic N) is 2. The van der Waals surface area contributed by atoms with Gasteiger partial charge < -0.3 is 21.3 Å². The second kappa shape index (κ2) is 13.4. The number of anilines is 1. The summed E-state index contributed by atoms with van der Waals surface area (Å²) in [6.45, 7) is 3.20. The number of benzene rings is 2. The van der Waals surface area contributed by atoms with Crippen LogP contribution in [0.25, 0.3) is 11.3 Å². The number of hydrogen-bond donors (Lipinski definition) is 4. The minimum Gasteiger partial charge on any atom is -0.362 e. The Balaban J connectivity index is 1.25. The predicted octanol–water partition coefficient (Wildman–Crippen LogP) is 4.95. The predicted molar refractivity (Wildman–Crippen MR) is 146 cm³/mol. The SMILES string of the molecule is CCCC(Nc1cncc(-c2ccc(CNC(=O)NCCCC3CCC(=O)N3)cc2)n1)c1ccccc1. The lowest BCUT2D eigenvalue weighted by molar-refractivity contribution is -0.119. The van der Waals surface area contributed by atoms with E-state index < -0.39 is 0 Å². The Labute approximate surface area is 218 Å². The normalized spacial score (nSPS) is 15.6. The van der Waals surface area contributed by atoms with E-state index in [1.165, 1.54) is 5.56 Å². The molecule has 0 bridgehead atoms. The minimum atomic E-state index is -0.191. The summed E-state index contributed by atoms with van der Waals surface area (Å²) in [7, 11) is 0. The van der Waals surface area contributed by atoms with Crippen molar-refractivity contribution in [3.05, 3.63) is 78.1 Å². The number of hydrogen-bond acceptors (Lipinski definition) is 5. The zero-order valence-corrected chi connectivity index (χ0v) is 21.4. The molecule has 2 unspecified atom stereocenters. The van der Waals surface area contributed by atoms with Gasteiger partial charge in [-0.2, -0.15) is 0 Å². The summed E-state index contributed by atoms with van der Waals surface area (Å²) >= 11 is 0. The Hall–Kier alpha value is -3.94. The third-order valence-electron chi connectivity index (χ3n) is 6.54. The molecule has 8 heteroatoms. The summed E-state index contributed by atoms with van der Waals surface area (Å²) in [6, 6.07) is 18.6. The number of carbonyl (C=O) groups excluding carboxylic acids is 2. The van der Waals surface area contributed by atoms with Gasteiger partial charge in [0.05, 0.1) is 24.1 Å². The van der Waals surface area contributed by atoms with Crippen LogP contribution in [-0.2, 0) is 11.3 Å². The Bertz CT molecular complexity index is 1150. The summed E-state index contributed by atoms with van der Waals surface area (Å²) in [5, 5.41) is 12.3. The molecule has 0 saturated carbocycles. The largest absolute Gasteiger partial charge is 0.362 e. The van der Waals surface area contributed by atoms with Crippen LogP contribution in [0.4, 0.5) is 10.6 Å². The lowest BCUT2D eigenvalue weighted by atomic mass is 10.0. The molecular formula is C29H36N6O2. The quantitative estimate of drug-likeness (QED) is 0.263. The van der Waals surface area contributed by atoms with Gasteiger partial charge in [-0.25, -0.2) is 9.78 Å². The first-order chi connectivity index (χ1) is 18.1. The number of carbonyl (C=O) groups is 2. The van der Waals surface area contributed by atoms with Gasteiger partial charge in [-0.1, -0.05) is 67.9 Å². The van der Waals surface area contributed by atoms with E-state index in [0.29, 0.717) is 19.5 Å².